The highest BCUT2D eigenvalue weighted by molar-refractivity contribution is 5.79. The lowest BCUT2D eigenvalue weighted by molar-refractivity contribution is -0.125. The third kappa shape index (κ3) is 6.39. The summed E-state index contributed by atoms with van der Waals surface area (Å²) in [7, 11) is 0. The zero-order valence-corrected chi connectivity index (χ0v) is 12.7. The molecule has 112 valence electrons. The minimum absolute atomic E-state index is 0.0170. The summed E-state index contributed by atoms with van der Waals surface area (Å²) in [5, 5.41) is 6.44. The van der Waals surface area contributed by atoms with Crippen molar-refractivity contribution in [1.29, 1.82) is 0 Å². The van der Waals surface area contributed by atoms with Gasteiger partial charge in [-0.15, -0.1) is 0 Å². The summed E-state index contributed by atoms with van der Waals surface area (Å²) in [6.45, 7) is 9.56. The second kappa shape index (κ2) is 9.32. The van der Waals surface area contributed by atoms with Gasteiger partial charge in [0.1, 0.15) is 0 Å². The Morgan fingerprint density at radius 1 is 1.26 bits per heavy atom. The highest BCUT2D eigenvalue weighted by atomic mass is 16.5. The predicted molar refractivity (Wildman–Crippen MR) is 78.1 cm³/mol. The molecule has 1 saturated heterocycles. The highest BCUT2D eigenvalue weighted by Crippen LogP contribution is 2.14. The first-order valence-electron chi connectivity index (χ1n) is 7.74. The third-order valence-corrected chi connectivity index (χ3v) is 3.58. The first kappa shape index (κ1) is 16.4. The van der Waals surface area contributed by atoms with E-state index in [4.69, 9.17) is 4.74 Å². The number of nitrogens with one attached hydrogen (secondary N) is 2. The van der Waals surface area contributed by atoms with Gasteiger partial charge in [0.25, 0.3) is 0 Å². The zero-order valence-electron chi connectivity index (χ0n) is 12.7. The maximum Gasteiger partial charge on any atom is 0.227 e. The summed E-state index contributed by atoms with van der Waals surface area (Å²) in [6, 6.07) is 0.190. The molecule has 0 aromatic carbocycles. The van der Waals surface area contributed by atoms with Crippen molar-refractivity contribution in [2.45, 2.75) is 52.5 Å². The lowest BCUT2D eigenvalue weighted by atomic mass is 10.0. The number of hydrogen-bond donors (Lipinski definition) is 2. The highest BCUT2D eigenvalue weighted by Gasteiger charge is 2.33. The van der Waals surface area contributed by atoms with Crippen LogP contribution in [0.3, 0.4) is 0 Å². The lowest BCUT2D eigenvalue weighted by Crippen LogP contribution is -2.44. The molecule has 0 radical (unpaired) electrons. The van der Waals surface area contributed by atoms with Gasteiger partial charge in [-0.1, -0.05) is 33.6 Å². The molecule has 0 aromatic rings. The van der Waals surface area contributed by atoms with Gasteiger partial charge in [0.2, 0.25) is 5.91 Å². The molecule has 1 fully saturated rings. The molecule has 0 bridgehead atoms. The Balaban J connectivity index is 2.17. The van der Waals surface area contributed by atoms with Gasteiger partial charge in [0.05, 0.1) is 19.1 Å². The maximum absolute atomic E-state index is 12.1. The summed E-state index contributed by atoms with van der Waals surface area (Å²) in [5.41, 5.74) is 0. The van der Waals surface area contributed by atoms with Gasteiger partial charge in [0.15, 0.2) is 0 Å². The van der Waals surface area contributed by atoms with Crippen LogP contribution < -0.4 is 10.6 Å². The molecule has 0 aliphatic carbocycles. The number of ether oxygens (including phenoxy) is 1. The Labute approximate surface area is 117 Å². The van der Waals surface area contributed by atoms with Crippen LogP contribution in [0.2, 0.25) is 0 Å². The predicted octanol–water partition coefficient (Wildman–Crippen LogP) is 1.94. The van der Waals surface area contributed by atoms with Crippen molar-refractivity contribution in [2.24, 2.45) is 11.8 Å². The standard InChI is InChI=1S/C15H30N2O2/c1-4-8-16-14-11-19-10-13(14)15(18)17-9-6-5-7-12(2)3/h12-14,16H,4-11H2,1-3H3,(H,17,18). The minimum Gasteiger partial charge on any atom is -0.379 e. The van der Waals surface area contributed by atoms with Crippen LogP contribution in [0, 0.1) is 11.8 Å². The molecule has 19 heavy (non-hydrogen) atoms. The fraction of sp³-hybridized carbons (Fsp3) is 0.933. The molecule has 2 unspecified atom stereocenters. The molecule has 2 atom stereocenters. The number of rotatable bonds is 9. The van der Waals surface area contributed by atoms with Gasteiger partial charge < -0.3 is 15.4 Å². The van der Waals surface area contributed by atoms with Gasteiger partial charge in [-0.25, -0.2) is 0 Å². The summed E-state index contributed by atoms with van der Waals surface area (Å²) >= 11 is 0. The van der Waals surface area contributed by atoms with Crippen molar-refractivity contribution in [2.75, 3.05) is 26.3 Å². The summed E-state index contributed by atoms with van der Waals surface area (Å²) in [5.74, 6) is 0.883. The van der Waals surface area contributed by atoms with E-state index >= 15 is 0 Å². The van der Waals surface area contributed by atoms with E-state index in [1.54, 1.807) is 0 Å². The first-order chi connectivity index (χ1) is 9.15. The molecule has 1 heterocycles. The fourth-order valence-corrected chi connectivity index (χ4v) is 2.36. The average Bonchev–Trinajstić information content (AvgIpc) is 2.83. The monoisotopic (exact) mass is 270 g/mol. The Kier molecular flexibility index (Phi) is 8.07. The summed E-state index contributed by atoms with van der Waals surface area (Å²) < 4.78 is 5.42. The average molecular weight is 270 g/mol. The topological polar surface area (TPSA) is 50.4 Å². The molecule has 1 aliphatic heterocycles. The summed E-state index contributed by atoms with van der Waals surface area (Å²) in [4.78, 5) is 12.1. The molecule has 0 aromatic heterocycles. The van der Waals surface area contributed by atoms with Crippen LogP contribution in [0.4, 0.5) is 0 Å². The molecular formula is C15H30N2O2. The Morgan fingerprint density at radius 2 is 2.05 bits per heavy atom. The van der Waals surface area contributed by atoms with Crippen LogP contribution in [0.5, 0.6) is 0 Å². The van der Waals surface area contributed by atoms with E-state index in [0.29, 0.717) is 13.2 Å². The Morgan fingerprint density at radius 3 is 2.74 bits per heavy atom. The van der Waals surface area contributed by atoms with Crippen molar-refractivity contribution in [1.82, 2.24) is 10.6 Å². The molecule has 0 spiro atoms. The number of carbonyl (C=O) groups excluding carboxylic acids is 1. The van der Waals surface area contributed by atoms with Crippen LogP contribution in [0.15, 0.2) is 0 Å². The maximum atomic E-state index is 12.1. The van der Waals surface area contributed by atoms with Gasteiger partial charge in [-0.3, -0.25) is 4.79 Å². The number of amides is 1. The van der Waals surface area contributed by atoms with Crippen molar-refractivity contribution in [3.63, 3.8) is 0 Å². The molecular weight excluding hydrogens is 240 g/mol. The molecule has 1 aliphatic rings. The molecule has 4 heteroatoms. The van der Waals surface area contributed by atoms with Crippen molar-refractivity contribution in [3.05, 3.63) is 0 Å². The van der Waals surface area contributed by atoms with Gasteiger partial charge in [-0.05, 0) is 25.3 Å². The lowest BCUT2D eigenvalue weighted by Gasteiger charge is -2.18. The minimum atomic E-state index is -0.0170. The molecule has 1 amide bonds. The third-order valence-electron chi connectivity index (χ3n) is 3.58. The normalized spacial score (nSPS) is 22.9. The van der Waals surface area contributed by atoms with Crippen LogP contribution >= 0.6 is 0 Å². The Hall–Kier alpha value is -0.610. The van der Waals surface area contributed by atoms with Crippen molar-refractivity contribution < 1.29 is 9.53 Å². The number of carbonyl (C=O) groups is 1. The van der Waals surface area contributed by atoms with Crippen LogP contribution in [-0.2, 0) is 9.53 Å². The van der Waals surface area contributed by atoms with Crippen LogP contribution in [-0.4, -0.2) is 38.3 Å². The van der Waals surface area contributed by atoms with Crippen molar-refractivity contribution >= 4 is 5.91 Å². The van der Waals surface area contributed by atoms with E-state index in [1.165, 1.54) is 12.8 Å². The largest absolute Gasteiger partial charge is 0.379 e. The van der Waals surface area contributed by atoms with Gasteiger partial charge in [-0.2, -0.15) is 0 Å². The zero-order chi connectivity index (χ0) is 14.1. The number of unbranched alkanes of at least 4 members (excludes halogenated alkanes) is 1. The van der Waals surface area contributed by atoms with Crippen molar-refractivity contribution in [3.8, 4) is 0 Å². The van der Waals surface area contributed by atoms with Gasteiger partial charge in [0, 0.05) is 12.6 Å². The van der Waals surface area contributed by atoms with Crippen LogP contribution in [0.25, 0.3) is 0 Å². The molecule has 4 nitrogen and oxygen atoms in total. The van der Waals surface area contributed by atoms with E-state index in [-0.39, 0.29) is 17.9 Å². The quantitative estimate of drug-likeness (QED) is 0.630. The summed E-state index contributed by atoms with van der Waals surface area (Å²) in [6.07, 6.45) is 4.59. The van der Waals surface area contributed by atoms with E-state index < -0.39 is 0 Å². The molecule has 2 N–H and O–H groups in total. The smallest absolute Gasteiger partial charge is 0.227 e. The van der Waals surface area contributed by atoms with Crippen LogP contribution in [0.1, 0.15) is 46.5 Å². The molecule has 0 saturated carbocycles. The van der Waals surface area contributed by atoms with E-state index in [2.05, 4.69) is 31.4 Å². The number of hydrogen-bond acceptors (Lipinski definition) is 3. The molecule has 1 rings (SSSR count). The first-order valence-corrected chi connectivity index (χ1v) is 7.74. The second-order valence-corrected chi connectivity index (χ2v) is 5.89. The van der Waals surface area contributed by atoms with Gasteiger partial charge >= 0.3 is 0 Å². The fourth-order valence-electron chi connectivity index (χ4n) is 2.36. The Bertz CT molecular complexity index is 257. The van der Waals surface area contributed by atoms with E-state index in [9.17, 15) is 4.79 Å². The second-order valence-electron chi connectivity index (χ2n) is 5.89. The van der Waals surface area contributed by atoms with E-state index in [0.717, 1.165) is 31.8 Å². The SMILES string of the molecule is CCCNC1COCC1C(=O)NCCCCC(C)C. The van der Waals surface area contributed by atoms with E-state index in [1.807, 2.05) is 0 Å².